The Morgan fingerprint density at radius 1 is 1.25 bits per heavy atom. The summed E-state index contributed by atoms with van der Waals surface area (Å²) in [5.74, 6) is 0. The van der Waals surface area contributed by atoms with Gasteiger partial charge in [-0.15, -0.1) is 6.58 Å². The molecule has 2 fully saturated rings. The molecule has 0 aromatic rings. The van der Waals surface area contributed by atoms with Crippen LogP contribution in [0.2, 0.25) is 0 Å². The van der Waals surface area contributed by atoms with Crippen molar-refractivity contribution in [1.82, 2.24) is 15.1 Å². The van der Waals surface area contributed by atoms with Crippen molar-refractivity contribution in [3.63, 3.8) is 0 Å². The molecule has 92 valence electrons. The first-order valence-electron chi connectivity index (χ1n) is 6.68. The number of fused-ring (bicyclic) bond motifs is 1. The number of hydrogen-bond donors (Lipinski definition) is 1. The minimum Gasteiger partial charge on any atom is -0.312 e. The van der Waals surface area contributed by atoms with E-state index in [2.05, 4.69) is 21.7 Å². The van der Waals surface area contributed by atoms with Crippen LogP contribution in [0, 0.1) is 0 Å². The molecule has 0 radical (unpaired) electrons. The molecule has 0 aromatic heterocycles. The molecule has 0 saturated carbocycles. The van der Waals surface area contributed by atoms with Gasteiger partial charge < -0.3 is 10.2 Å². The van der Waals surface area contributed by atoms with E-state index < -0.39 is 0 Å². The monoisotopic (exact) mass is 223 g/mol. The average molecular weight is 223 g/mol. The Morgan fingerprint density at radius 3 is 3.00 bits per heavy atom. The second-order valence-corrected chi connectivity index (χ2v) is 4.98. The Morgan fingerprint density at radius 2 is 2.12 bits per heavy atom. The third-order valence-corrected chi connectivity index (χ3v) is 3.78. The van der Waals surface area contributed by atoms with Gasteiger partial charge in [0.2, 0.25) is 0 Å². The van der Waals surface area contributed by atoms with Gasteiger partial charge >= 0.3 is 0 Å². The highest BCUT2D eigenvalue weighted by atomic mass is 15.3. The fourth-order valence-corrected chi connectivity index (χ4v) is 2.93. The zero-order valence-corrected chi connectivity index (χ0v) is 10.3. The fraction of sp³-hybridized carbons (Fsp3) is 0.846. The normalized spacial score (nSPS) is 27.6. The third kappa shape index (κ3) is 3.30. The molecule has 0 aliphatic carbocycles. The van der Waals surface area contributed by atoms with E-state index in [4.69, 9.17) is 0 Å². The molecular formula is C13H25N3. The van der Waals surface area contributed by atoms with Gasteiger partial charge in [0.1, 0.15) is 0 Å². The van der Waals surface area contributed by atoms with Crippen LogP contribution in [-0.2, 0) is 0 Å². The fourth-order valence-electron chi connectivity index (χ4n) is 2.93. The summed E-state index contributed by atoms with van der Waals surface area (Å²) in [6.45, 7) is 12.2. The zero-order valence-electron chi connectivity index (χ0n) is 10.3. The van der Waals surface area contributed by atoms with E-state index in [0.717, 1.165) is 19.1 Å². The van der Waals surface area contributed by atoms with Gasteiger partial charge in [-0.25, -0.2) is 0 Å². The molecule has 2 heterocycles. The van der Waals surface area contributed by atoms with Crippen molar-refractivity contribution >= 4 is 0 Å². The van der Waals surface area contributed by atoms with Crippen LogP contribution in [0.4, 0.5) is 0 Å². The largest absolute Gasteiger partial charge is 0.312 e. The molecule has 3 heteroatoms. The summed E-state index contributed by atoms with van der Waals surface area (Å²) in [6, 6.07) is 0.849. The molecule has 0 spiro atoms. The molecule has 2 rings (SSSR count). The van der Waals surface area contributed by atoms with Gasteiger partial charge in [-0.2, -0.15) is 0 Å². The van der Waals surface area contributed by atoms with E-state index in [9.17, 15) is 0 Å². The average Bonchev–Trinajstić information content (AvgIpc) is 2.63. The summed E-state index contributed by atoms with van der Waals surface area (Å²) in [7, 11) is 0. The maximum Gasteiger partial charge on any atom is 0.0223 e. The maximum atomic E-state index is 3.72. The van der Waals surface area contributed by atoms with Gasteiger partial charge in [0.05, 0.1) is 0 Å². The number of rotatable bonds is 5. The first-order valence-corrected chi connectivity index (χ1v) is 6.68. The first-order chi connectivity index (χ1) is 7.90. The van der Waals surface area contributed by atoms with E-state index in [1.54, 1.807) is 0 Å². The highest BCUT2D eigenvalue weighted by Crippen LogP contribution is 2.20. The zero-order chi connectivity index (χ0) is 11.2. The van der Waals surface area contributed by atoms with Crippen LogP contribution < -0.4 is 5.32 Å². The molecule has 2 saturated heterocycles. The van der Waals surface area contributed by atoms with Crippen molar-refractivity contribution in [3.05, 3.63) is 12.7 Å². The van der Waals surface area contributed by atoms with Crippen molar-refractivity contribution in [2.24, 2.45) is 0 Å². The van der Waals surface area contributed by atoms with Crippen molar-refractivity contribution < 1.29 is 0 Å². The lowest BCUT2D eigenvalue weighted by atomic mass is 10.2. The van der Waals surface area contributed by atoms with E-state index in [-0.39, 0.29) is 0 Å². The first kappa shape index (κ1) is 12.1. The molecule has 1 unspecified atom stereocenters. The summed E-state index contributed by atoms with van der Waals surface area (Å²) in [6.07, 6.45) is 6.10. The van der Waals surface area contributed by atoms with E-state index >= 15 is 0 Å². The SMILES string of the molecule is C=CCNCCN1CCCN2CCCC2C1. The molecule has 16 heavy (non-hydrogen) atoms. The lowest BCUT2D eigenvalue weighted by molar-refractivity contribution is 0.221. The summed E-state index contributed by atoms with van der Waals surface area (Å²) >= 11 is 0. The molecule has 1 atom stereocenters. The Kier molecular flexibility index (Phi) is 4.82. The molecule has 0 amide bonds. The van der Waals surface area contributed by atoms with Gasteiger partial charge in [0.25, 0.3) is 0 Å². The van der Waals surface area contributed by atoms with Crippen molar-refractivity contribution in [1.29, 1.82) is 0 Å². The second-order valence-electron chi connectivity index (χ2n) is 4.98. The summed E-state index contributed by atoms with van der Waals surface area (Å²) in [5, 5.41) is 3.39. The molecule has 1 N–H and O–H groups in total. The van der Waals surface area contributed by atoms with E-state index in [1.165, 1.54) is 52.0 Å². The van der Waals surface area contributed by atoms with Gasteiger partial charge in [-0.3, -0.25) is 4.90 Å². The van der Waals surface area contributed by atoms with Crippen molar-refractivity contribution in [3.8, 4) is 0 Å². The minimum atomic E-state index is 0.849. The smallest absolute Gasteiger partial charge is 0.0223 e. The Bertz CT molecular complexity index is 217. The van der Waals surface area contributed by atoms with Gasteiger partial charge in [0, 0.05) is 32.2 Å². The van der Waals surface area contributed by atoms with Crippen molar-refractivity contribution in [2.75, 3.05) is 45.8 Å². The predicted octanol–water partition coefficient (Wildman–Crippen LogP) is 0.932. The van der Waals surface area contributed by atoms with Gasteiger partial charge in [-0.05, 0) is 38.9 Å². The second kappa shape index (κ2) is 6.38. The summed E-state index contributed by atoms with van der Waals surface area (Å²) < 4.78 is 0. The van der Waals surface area contributed by atoms with Crippen LogP contribution in [0.3, 0.4) is 0 Å². The highest BCUT2D eigenvalue weighted by Gasteiger charge is 2.28. The van der Waals surface area contributed by atoms with Crippen LogP contribution in [0.15, 0.2) is 12.7 Å². The van der Waals surface area contributed by atoms with E-state index in [0.29, 0.717) is 0 Å². The van der Waals surface area contributed by atoms with Gasteiger partial charge in [-0.1, -0.05) is 6.08 Å². The molecule has 0 bridgehead atoms. The van der Waals surface area contributed by atoms with Crippen LogP contribution in [0.5, 0.6) is 0 Å². The molecule has 3 nitrogen and oxygen atoms in total. The maximum absolute atomic E-state index is 3.72. The standard InChI is InChI=1S/C13H25N3/c1-2-6-14-7-11-15-8-4-10-16-9-3-5-13(16)12-15/h2,13-14H,1,3-12H2. The quantitative estimate of drug-likeness (QED) is 0.552. The van der Waals surface area contributed by atoms with Crippen LogP contribution in [-0.4, -0.2) is 61.7 Å². The van der Waals surface area contributed by atoms with Crippen LogP contribution >= 0.6 is 0 Å². The lowest BCUT2D eigenvalue weighted by Crippen LogP contribution is -2.39. The highest BCUT2D eigenvalue weighted by molar-refractivity contribution is 4.85. The van der Waals surface area contributed by atoms with Crippen molar-refractivity contribution in [2.45, 2.75) is 25.3 Å². The molecule has 0 aromatic carbocycles. The number of hydrogen-bond acceptors (Lipinski definition) is 3. The van der Waals surface area contributed by atoms with Crippen LogP contribution in [0.25, 0.3) is 0 Å². The number of nitrogens with one attached hydrogen (secondary N) is 1. The summed E-state index contributed by atoms with van der Waals surface area (Å²) in [4.78, 5) is 5.32. The van der Waals surface area contributed by atoms with Crippen LogP contribution in [0.1, 0.15) is 19.3 Å². The Hall–Kier alpha value is -0.380. The predicted molar refractivity (Wildman–Crippen MR) is 68.7 cm³/mol. The third-order valence-electron chi connectivity index (χ3n) is 3.78. The molecular weight excluding hydrogens is 198 g/mol. The molecule has 2 aliphatic rings. The topological polar surface area (TPSA) is 18.5 Å². The minimum absolute atomic E-state index is 0.849. The summed E-state index contributed by atoms with van der Waals surface area (Å²) in [5.41, 5.74) is 0. The van der Waals surface area contributed by atoms with Gasteiger partial charge in [0.15, 0.2) is 0 Å². The molecule has 2 aliphatic heterocycles. The Balaban J connectivity index is 1.70. The Labute approximate surface area is 99.5 Å². The number of nitrogens with zero attached hydrogens (tertiary/aromatic N) is 2. The van der Waals surface area contributed by atoms with E-state index in [1.807, 2.05) is 6.08 Å². The lowest BCUT2D eigenvalue weighted by Gasteiger charge is -2.25.